The van der Waals surface area contributed by atoms with Gasteiger partial charge in [0, 0.05) is 0 Å². The van der Waals surface area contributed by atoms with E-state index in [0.29, 0.717) is 16.8 Å². The van der Waals surface area contributed by atoms with Crippen molar-refractivity contribution in [3.8, 4) is 11.6 Å². The number of benzene rings is 2. The first-order chi connectivity index (χ1) is 8.81. The molecule has 0 N–H and O–H groups in total. The number of halogens is 1. The fraction of sp³-hybridized carbons (Fsp3) is 0. The van der Waals surface area contributed by atoms with E-state index in [1.54, 1.807) is 0 Å². The molecule has 0 radical (unpaired) electrons. The largest absolute Gasteiger partial charge is 0.437 e. The lowest BCUT2D eigenvalue weighted by Crippen LogP contribution is -1.89. The summed E-state index contributed by atoms with van der Waals surface area (Å²) in [6.07, 6.45) is 3.00. The molecule has 0 bridgehead atoms. The molecule has 3 rings (SSSR count). The summed E-state index contributed by atoms with van der Waals surface area (Å²) >= 11 is 5.75. The Bertz CT molecular complexity index is 700. The molecule has 2 aromatic carbocycles. The Labute approximate surface area is 109 Å². The molecule has 3 aromatic rings. The predicted octanol–water partition coefficient (Wildman–Crippen LogP) is 4.08. The van der Waals surface area contributed by atoms with Gasteiger partial charge in [-0.05, 0) is 22.9 Å². The minimum absolute atomic E-state index is 0.313. The molecule has 0 saturated heterocycles. The minimum Gasteiger partial charge on any atom is -0.437 e. The molecule has 0 aliphatic heterocycles. The second-order valence-electron chi connectivity index (χ2n) is 3.79. The van der Waals surface area contributed by atoms with E-state index in [1.165, 1.54) is 17.8 Å². The maximum absolute atomic E-state index is 5.75. The summed E-state index contributed by atoms with van der Waals surface area (Å²) in [5.74, 6) is 1.10. The van der Waals surface area contributed by atoms with E-state index in [1.807, 2.05) is 36.4 Å². The highest BCUT2D eigenvalue weighted by Crippen LogP contribution is 2.24. The molecule has 0 amide bonds. The van der Waals surface area contributed by atoms with Crippen molar-refractivity contribution in [2.45, 2.75) is 0 Å². The summed E-state index contributed by atoms with van der Waals surface area (Å²) in [5.41, 5.74) is 0. The van der Waals surface area contributed by atoms with E-state index in [0.717, 1.165) is 5.39 Å². The summed E-state index contributed by atoms with van der Waals surface area (Å²) in [5, 5.41) is 2.60. The lowest BCUT2D eigenvalue weighted by Gasteiger charge is -2.05. The molecule has 0 saturated carbocycles. The number of nitrogens with zero attached hydrogens (tertiary/aromatic N) is 2. The van der Waals surface area contributed by atoms with Gasteiger partial charge >= 0.3 is 0 Å². The summed E-state index contributed by atoms with van der Waals surface area (Å²) in [6.45, 7) is 0. The van der Waals surface area contributed by atoms with Crippen LogP contribution in [0, 0.1) is 0 Å². The van der Waals surface area contributed by atoms with Crippen LogP contribution in [0.1, 0.15) is 0 Å². The topological polar surface area (TPSA) is 35.0 Å². The van der Waals surface area contributed by atoms with Crippen molar-refractivity contribution in [1.82, 2.24) is 9.97 Å². The molecule has 4 heteroatoms. The van der Waals surface area contributed by atoms with Crippen LogP contribution in [0.4, 0.5) is 0 Å². The maximum Gasteiger partial charge on any atom is 0.239 e. The first-order valence-electron chi connectivity index (χ1n) is 5.45. The Balaban J connectivity index is 1.95. The highest BCUT2D eigenvalue weighted by Gasteiger charge is 2.01. The first-order valence-corrected chi connectivity index (χ1v) is 5.83. The van der Waals surface area contributed by atoms with Crippen LogP contribution in [0.2, 0.25) is 5.15 Å². The number of hydrogen-bond acceptors (Lipinski definition) is 3. The molecular formula is C14H9ClN2O. The number of aromatic nitrogens is 2. The molecule has 1 aromatic heterocycles. The lowest BCUT2D eigenvalue weighted by molar-refractivity contribution is 0.461. The Kier molecular flexibility index (Phi) is 2.82. The summed E-state index contributed by atoms with van der Waals surface area (Å²) in [6, 6.07) is 13.9. The van der Waals surface area contributed by atoms with E-state index in [9.17, 15) is 0 Å². The maximum atomic E-state index is 5.75. The Morgan fingerprint density at radius 1 is 0.944 bits per heavy atom. The fourth-order valence-corrected chi connectivity index (χ4v) is 1.87. The smallest absolute Gasteiger partial charge is 0.239 e. The number of fused-ring (bicyclic) bond motifs is 1. The van der Waals surface area contributed by atoms with Gasteiger partial charge in [0.05, 0.1) is 12.4 Å². The predicted molar refractivity (Wildman–Crippen MR) is 71.1 cm³/mol. The zero-order valence-electron chi connectivity index (χ0n) is 9.38. The van der Waals surface area contributed by atoms with Crippen LogP contribution in [-0.4, -0.2) is 9.97 Å². The van der Waals surface area contributed by atoms with Crippen LogP contribution >= 0.6 is 11.6 Å². The Morgan fingerprint density at radius 3 is 2.61 bits per heavy atom. The first kappa shape index (κ1) is 11.0. The lowest BCUT2D eigenvalue weighted by atomic mass is 10.1. The van der Waals surface area contributed by atoms with Crippen LogP contribution in [0.25, 0.3) is 10.8 Å². The zero-order valence-corrected chi connectivity index (χ0v) is 10.1. The fourth-order valence-electron chi connectivity index (χ4n) is 1.73. The molecule has 0 unspecified atom stereocenters. The van der Waals surface area contributed by atoms with E-state index in [4.69, 9.17) is 16.3 Å². The molecule has 0 fully saturated rings. The monoisotopic (exact) mass is 256 g/mol. The van der Waals surface area contributed by atoms with E-state index < -0.39 is 0 Å². The van der Waals surface area contributed by atoms with Crippen LogP contribution in [-0.2, 0) is 0 Å². The van der Waals surface area contributed by atoms with E-state index in [-0.39, 0.29) is 0 Å². The standard InChI is InChI=1S/C14H9ClN2O/c15-13-8-16-9-14(17-13)18-12-6-5-10-3-1-2-4-11(10)7-12/h1-9H. The van der Waals surface area contributed by atoms with Crippen LogP contribution < -0.4 is 4.74 Å². The van der Waals surface area contributed by atoms with Gasteiger partial charge in [0.25, 0.3) is 0 Å². The van der Waals surface area contributed by atoms with E-state index >= 15 is 0 Å². The molecule has 0 atom stereocenters. The minimum atomic E-state index is 0.313. The van der Waals surface area contributed by atoms with Crippen molar-refractivity contribution in [2.75, 3.05) is 0 Å². The molecule has 18 heavy (non-hydrogen) atoms. The van der Waals surface area contributed by atoms with E-state index in [2.05, 4.69) is 16.0 Å². The summed E-state index contributed by atoms with van der Waals surface area (Å²) in [4.78, 5) is 7.95. The van der Waals surface area contributed by atoms with Gasteiger partial charge in [0.1, 0.15) is 5.75 Å². The highest BCUT2D eigenvalue weighted by atomic mass is 35.5. The highest BCUT2D eigenvalue weighted by molar-refractivity contribution is 6.29. The van der Waals surface area contributed by atoms with Gasteiger partial charge in [0.15, 0.2) is 5.15 Å². The van der Waals surface area contributed by atoms with Gasteiger partial charge in [-0.1, -0.05) is 41.9 Å². The van der Waals surface area contributed by atoms with Gasteiger partial charge in [-0.3, -0.25) is 4.98 Å². The molecule has 0 aliphatic carbocycles. The molecular weight excluding hydrogens is 248 g/mol. The van der Waals surface area contributed by atoms with Crippen molar-refractivity contribution in [2.24, 2.45) is 0 Å². The average molecular weight is 257 g/mol. The molecule has 0 spiro atoms. The SMILES string of the molecule is Clc1cncc(Oc2ccc3ccccc3c2)n1. The summed E-state index contributed by atoms with van der Waals surface area (Å²) in [7, 11) is 0. The average Bonchev–Trinajstić information content (AvgIpc) is 2.39. The second kappa shape index (κ2) is 4.63. The van der Waals surface area contributed by atoms with Crippen LogP contribution in [0.5, 0.6) is 11.6 Å². The van der Waals surface area contributed by atoms with Crippen molar-refractivity contribution in [3.05, 3.63) is 60.0 Å². The molecule has 1 heterocycles. The van der Waals surface area contributed by atoms with Gasteiger partial charge in [0.2, 0.25) is 5.88 Å². The quantitative estimate of drug-likeness (QED) is 0.693. The van der Waals surface area contributed by atoms with Gasteiger partial charge in [-0.2, -0.15) is 4.98 Å². The summed E-state index contributed by atoms with van der Waals surface area (Å²) < 4.78 is 5.61. The van der Waals surface area contributed by atoms with Crippen LogP contribution in [0.3, 0.4) is 0 Å². The Hall–Kier alpha value is -2.13. The van der Waals surface area contributed by atoms with Crippen molar-refractivity contribution in [1.29, 1.82) is 0 Å². The number of rotatable bonds is 2. The normalized spacial score (nSPS) is 10.5. The molecule has 88 valence electrons. The third-order valence-corrected chi connectivity index (χ3v) is 2.71. The van der Waals surface area contributed by atoms with Crippen LogP contribution in [0.15, 0.2) is 54.9 Å². The van der Waals surface area contributed by atoms with Crippen molar-refractivity contribution in [3.63, 3.8) is 0 Å². The molecule has 0 aliphatic rings. The Morgan fingerprint density at radius 2 is 1.78 bits per heavy atom. The van der Waals surface area contributed by atoms with Gasteiger partial charge in [-0.15, -0.1) is 0 Å². The third-order valence-electron chi connectivity index (χ3n) is 2.53. The molecule has 3 nitrogen and oxygen atoms in total. The number of hydrogen-bond donors (Lipinski definition) is 0. The van der Waals surface area contributed by atoms with Gasteiger partial charge < -0.3 is 4.74 Å². The van der Waals surface area contributed by atoms with Crippen molar-refractivity contribution >= 4 is 22.4 Å². The van der Waals surface area contributed by atoms with Gasteiger partial charge in [-0.25, -0.2) is 0 Å². The zero-order chi connectivity index (χ0) is 12.4. The van der Waals surface area contributed by atoms with Crippen molar-refractivity contribution < 1.29 is 4.74 Å². The third kappa shape index (κ3) is 2.26. The second-order valence-corrected chi connectivity index (χ2v) is 4.18. The number of ether oxygens (including phenoxy) is 1.